The Morgan fingerprint density at radius 1 is 0.854 bits per heavy atom. The molecule has 0 N–H and O–H groups in total. The molecule has 3 aliphatic rings. The molecule has 4 heterocycles. The van der Waals surface area contributed by atoms with Crippen molar-refractivity contribution in [1.82, 2.24) is 24.5 Å². The maximum absolute atomic E-state index is 14.4. The van der Waals surface area contributed by atoms with E-state index >= 15 is 0 Å². The second-order valence-electron chi connectivity index (χ2n) is 10.4. The van der Waals surface area contributed by atoms with Gasteiger partial charge in [-0.25, -0.2) is 4.98 Å². The Morgan fingerprint density at radius 3 is 2.32 bits per heavy atom. The fourth-order valence-electron chi connectivity index (χ4n) is 6.71. The molecule has 200 valence electrons. The summed E-state index contributed by atoms with van der Waals surface area (Å²) in [5.74, 6) is -1.77. The van der Waals surface area contributed by atoms with Crippen molar-refractivity contribution >= 4 is 34.9 Å². The number of Topliss-reactive ketones (excluding diaryl/α,β-unsaturated/α-hetero) is 2. The summed E-state index contributed by atoms with van der Waals surface area (Å²) in [5, 5.41) is 4.78. The molecule has 0 saturated carbocycles. The molecule has 5 aromatic rings. The lowest BCUT2D eigenvalue weighted by atomic mass is 9.73. The lowest BCUT2D eigenvalue weighted by Crippen LogP contribution is -2.52. The van der Waals surface area contributed by atoms with E-state index in [-0.39, 0.29) is 23.8 Å². The van der Waals surface area contributed by atoms with Crippen LogP contribution < -0.4 is 0 Å². The van der Waals surface area contributed by atoms with Crippen LogP contribution in [0.15, 0.2) is 91.4 Å². The smallest absolute Gasteiger partial charge is 0.258 e. The van der Waals surface area contributed by atoms with Crippen molar-refractivity contribution in [3.8, 4) is 0 Å². The summed E-state index contributed by atoms with van der Waals surface area (Å²) in [6.45, 7) is 0.224. The van der Waals surface area contributed by atoms with Gasteiger partial charge in [0.05, 0.1) is 23.2 Å². The SMILES string of the molecule is O=C1c2cnc3ncnn3c2[C@H]2OC3(C(=O)c4ccccc4C3=O)[C@@H](c3cccc(Cl)c3)[C@H]2N1Cc1ccccc1. The zero-order valence-electron chi connectivity index (χ0n) is 21.3. The first-order valence-corrected chi connectivity index (χ1v) is 13.5. The third kappa shape index (κ3) is 3.21. The third-order valence-electron chi connectivity index (χ3n) is 8.36. The Morgan fingerprint density at radius 2 is 1.59 bits per heavy atom. The Bertz CT molecular complexity index is 1890. The maximum atomic E-state index is 14.4. The van der Waals surface area contributed by atoms with Crippen LogP contribution in [-0.2, 0) is 11.3 Å². The summed E-state index contributed by atoms with van der Waals surface area (Å²) in [7, 11) is 0. The van der Waals surface area contributed by atoms with Gasteiger partial charge in [-0.05, 0) is 23.3 Å². The first kappa shape index (κ1) is 24.1. The normalized spacial score (nSPS) is 22.3. The monoisotopic (exact) mass is 561 g/mol. The lowest BCUT2D eigenvalue weighted by molar-refractivity contribution is -0.0248. The van der Waals surface area contributed by atoms with Crippen molar-refractivity contribution in [2.75, 3.05) is 0 Å². The van der Waals surface area contributed by atoms with Gasteiger partial charge < -0.3 is 9.64 Å². The number of halogens is 1. The van der Waals surface area contributed by atoms with Gasteiger partial charge in [0.15, 0.2) is 0 Å². The van der Waals surface area contributed by atoms with Crippen molar-refractivity contribution in [2.45, 2.75) is 30.2 Å². The number of fused-ring (bicyclic) bond motifs is 6. The number of ketones is 2. The summed E-state index contributed by atoms with van der Waals surface area (Å²) >= 11 is 6.47. The minimum atomic E-state index is -1.92. The molecule has 3 aromatic carbocycles. The highest BCUT2D eigenvalue weighted by Gasteiger charge is 2.70. The largest absolute Gasteiger partial charge is 0.346 e. The van der Waals surface area contributed by atoms with Crippen molar-refractivity contribution in [3.05, 3.63) is 130 Å². The van der Waals surface area contributed by atoms with Gasteiger partial charge in [-0.3, -0.25) is 14.4 Å². The van der Waals surface area contributed by atoms with Gasteiger partial charge in [0.2, 0.25) is 17.2 Å². The van der Waals surface area contributed by atoms with E-state index in [0.29, 0.717) is 27.4 Å². The molecule has 8 rings (SSSR count). The van der Waals surface area contributed by atoms with Gasteiger partial charge in [-0.2, -0.15) is 14.6 Å². The first-order chi connectivity index (χ1) is 20.0. The molecule has 2 aromatic heterocycles. The number of nitrogens with zero attached hydrogens (tertiary/aromatic N) is 5. The van der Waals surface area contributed by atoms with Crippen molar-refractivity contribution < 1.29 is 19.1 Å². The van der Waals surface area contributed by atoms with Crippen LogP contribution in [0.5, 0.6) is 0 Å². The number of rotatable bonds is 3. The zero-order valence-corrected chi connectivity index (χ0v) is 22.1. The molecule has 0 bridgehead atoms. The van der Waals surface area contributed by atoms with E-state index in [2.05, 4.69) is 15.1 Å². The third-order valence-corrected chi connectivity index (χ3v) is 8.60. The Balaban J connectivity index is 1.42. The lowest BCUT2D eigenvalue weighted by Gasteiger charge is -2.40. The minimum Gasteiger partial charge on any atom is -0.346 e. The van der Waals surface area contributed by atoms with Gasteiger partial charge in [0.1, 0.15) is 12.4 Å². The number of benzene rings is 3. The highest BCUT2D eigenvalue weighted by Crippen LogP contribution is 2.58. The Labute approximate surface area is 238 Å². The average Bonchev–Trinajstić information content (AvgIpc) is 3.67. The second kappa shape index (κ2) is 8.63. The quantitative estimate of drug-likeness (QED) is 0.299. The van der Waals surface area contributed by atoms with E-state index in [0.717, 1.165) is 5.56 Å². The molecule has 9 nitrogen and oxygen atoms in total. The van der Waals surface area contributed by atoms with E-state index < -0.39 is 35.2 Å². The van der Waals surface area contributed by atoms with Gasteiger partial charge in [-0.1, -0.05) is 78.3 Å². The van der Waals surface area contributed by atoms with Crippen molar-refractivity contribution in [1.29, 1.82) is 0 Å². The molecule has 41 heavy (non-hydrogen) atoms. The van der Waals surface area contributed by atoms with Crippen LogP contribution in [0.1, 0.15) is 59.9 Å². The minimum absolute atomic E-state index is 0.224. The summed E-state index contributed by atoms with van der Waals surface area (Å²) in [6, 6.07) is 22.6. The summed E-state index contributed by atoms with van der Waals surface area (Å²) in [6.07, 6.45) is 1.91. The van der Waals surface area contributed by atoms with Gasteiger partial charge in [0.25, 0.3) is 11.7 Å². The molecule has 2 aliphatic heterocycles. The number of carbonyl (C=O) groups is 3. The number of amides is 1. The maximum Gasteiger partial charge on any atom is 0.258 e. The van der Waals surface area contributed by atoms with Gasteiger partial charge >= 0.3 is 0 Å². The fourth-order valence-corrected chi connectivity index (χ4v) is 6.90. The molecule has 1 spiro atoms. The van der Waals surface area contributed by atoms with E-state index in [1.54, 1.807) is 47.4 Å². The molecule has 3 atom stereocenters. The highest BCUT2D eigenvalue weighted by molar-refractivity contribution is 6.33. The molecule has 10 heteroatoms. The van der Waals surface area contributed by atoms with E-state index in [1.165, 1.54) is 17.0 Å². The summed E-state index contributed by atoms with van der Waals surface area (Å²) in [5.41, 5.74) is 0.866. The molecule has 1 saturated heterocycles. The summed E-state index contributed by atoms with van der Waals surface area (Å²) in [4.78, 5) is 53.3. The van der Waals surface area contributed by atoms with Crippen LogP contribution in [0.3, 0.4) is 0 Å². The molecule has 1 fully saturated rings. The van der Waals surface area contributed by atoms with Crippen LogP contribution in [0.25, 0.3) is 5.78 Å². The molecular weight excluding hydrogens is 542 g/mol. The second-order valence-corrected chi connectivity index (χ2v) is 10.9. The number of ether oxygens (including phenoxy) is 1. The van der Waals surface area contributed by atoms with E-state index in [4.69, 9.17) is 16.3 Å². The molecule has 0 radical (unpaired) electrons. The number of hydrogen-bond donors (Lipinski definition) is 0. The highest BCUT2D eigenvalue weighted by atomic mass is 35.5. The Kier molecular flexibility index (Phi) is 5.07. The van der Waals surface area contributed by atoms with Gasteiger partial charge in [0, 0.05) is 28.9 Å². The van der Waals surface area contributed by atoms with Crippen LogP contribution in [0.2, 0.25) is 5.02 Å². The van der Waals surface area contributed by atoms with E-state index in [1.807, 2.05) is 36.4 Å². The fraction of sp³-hybridized carbons (Fsp3) is 0.161. The number of carbonyl (C=O) groups excluding carboxylic acids is 3. The van der Waals surface area contributed by atoms with Crippen LogP contribution in [-0.4, -0.2) is 53.6 Å². The summed E-state index contributed by atoms with van der Waals surface area (Å²) < 4.78 is 8.26. The predicted molar refractivity (Wildman–Crippen MR) is 147 cm³/mol. The molecule has 1 aliphatic carbocycles. The van der Waals surface area contributed by atoms with Crippen LogP contribution in [0, 0.1) is 0 Å². The zero-order chi connectivity index (χ0) is 27.9. The van der Waals surface area contributed by atoms with Crippen molar-refractivity contribution in [3.63, 3.8) is 0 Å². The Hall–Kier alpha value is -4.73. The number of hydrogen-bond acceptors (Lipinski definition) is 7. The van der Waals surface area contributed by atoms with Crippen molar-refractivity contribution in [2.24, 2.45) is 0 Å². The first-order valence-electron chi connectivity index (χ1n) is 13.1. The van der Waals surface area contributed by atoms with Gasteiger partial charge in [-0.15, -0.1) is 0 Å². The standard InChI is InChI=1S/C31H20ClN5O4/c32-19-10-6-9-18(13-19)23-25-26(41-31(23)27(38)20-11-4-5-12-21(20)28(31)39)24-22(14-33-30-34-16-35-37(24)30)29(40)36(25)15-17-7-2-1-3-8-17/h1-14,16,23,25-26H,15H2/t23-,25+,26+/m0/s1. The molecule has 1 amide bonds. The topological polar surface area (TPSA) is 107 Å². The predicted octanol–water partition coefficient (Wildman–Crippen LogP) is 4.48. The van der Waals surface area contributed by atoms with E-state index in [9.17, 15) is 14.4 Å². The van der Waals surface area contributed by atoms with Crippen LogP contribution >= 0.6 is 11.6 Å². The average molecular weight is 562 g/mol. The van der Waals surface area contributed by atoms with Crippen LogP contribution in [0.4, 0.5) is 0 Å². The molecular formula is C31H20ClN5O4. The molecule has 0 unspecified atom stereocenters. The number of aromatic nitrogens is 4.